The average molecular weight is 328 g/mol. The number of rotatable bonds is 5. The molecule has 1 rings (SSSR count). The topological polar surface area (TPSA) is 114 Å². The number of aromatic nitrogens is 2. The Bertz CT molecular complexity index is 546. The van der Waals surface area contributed by atoms with E-state index < -0.39 is 17.9 Å². The summed E-state index contributed by atoms with van der Waals surface area (Å²) in [4.78, 5) is 22.4. The lowest BCUT2D eigenvalue weighted by atomic mass is 10.3. The zero-order valence-electron chi connectivity index (χ0n) is 10.6. The fourth-order valence-electron chi connectivity index (χ4n) is 1.50. The number of nitriles is 1. The Labute approximate surface area is 118 Å². The standard InChI is InChI=1S/C11H14BrN5O2/c1-6-10(12)7(2)17(16-6)4-3-9(18)15-8(5-13)11(14)19/h8H,3-4H2,1-2H3,(H2,14,19)(H,15,18)/t8-/m1/s1. The Morgan fingerprint density at radius 1 is 1.58 bits per heavy atom. The maximum absolute atomic E-state index is 11.6. The van der Waals surface area contributed by atoms with E-state index in [9.17, 15) is 9.59 Å². The van der Waals surface area contributed by atoms with Gasteiger partial charge in [0.25, 0.3) is 5.91 Å². The molecule has 0 saturated heterocycles. The summed E-state index contributed by atoms with van der Waals surface area (Å²) < 4.78 is 2.59. The van der Waals surface area contributed by atoms with Gasteiger partial charge in [0.15, 0.2) is 6.04 Å². The molecule has 1 aromatic rings. The van der Waals surface area contributed by atoms with Gasteiger partial charge in [0, 0.05) is 12.1 Å². The van der Waals surface area contributed by atoms with E-state index in [0.717, 1.165) is 15.9 Å². The number of carbonyl (C=O) groups excluding carboxylic acids is 2. The number of hydrogen-bond donors (Lipinski definition) is 2. The van der Waals surface area contributed by atoms with Crippen LogP contribution in [0, 0.1) is 25.2 Å². The van der Waals surface area contributed by atoms with Gasteiger partial charge in [0.2, 0.25) is 5.91 Å². The fraction of sp³-hybridized carbons (Fsp3) is 0.455. The highest BCUT2D eigenvalue weighted by Gasteiger charge is 2.17. The average Bonchev–Trinajstić information content (AvgIpc) is 2.60. The fourth-order valence-corrected chi connectivity index (χ4v) is 1.78. The Hall–Kier alpha value is -1.88. The van der Waals surface area contributed by atoms with Crippen molar-refractivity contribution < 1.29 is 9.59 Å². The minimum Gasteiger partial charge on any atom is -0.367 e. The second kappa shape index (κ2) is 6.33. The molecule has 1 atom stereocenters. The van der Waals surface area contributed by atoms with Gasteiger partial charge in [-0.3, -0.25) is 14.3 Å². The molecule has 0 unspecified atom stereocenters. The van der Waals surface area contributed by atoms with E-state index in [1.54, 1.807) is 10.8 Å². The van der Waals surface area contributed by atoms with Crippen molar-refractivity contribution in [3.05, 3.63) is 15.9 Å². The van der Waals surface area contributed by atoms with E-state index in [2.05, 4.69) is 26.3 Å². The first-order valence-electron chi connectivity index (χ1n) is 5.54. The summed E-state index contributed by atoms with van der Waals surface area (Å²) in [6.45, 7) is 4.09. The third-order valence-electron chi connectivity index (χ3n) is 2.56. The van der Waals surface area contributed by atoms with Crippen molar-refractivity contribution in [3.63, 3.8) is 0 Å². The third-order valence-corrected chi connectivity index (χ3v) is 3.71. The first kappa shape index (κ1) is 15.2. The smallest absolute Gasteiger partial charge is 0.254 e. The second-order valence-electron chi connectivity index (χ2n) is 3.99. The first-order valence-corrected chi connectivity index (χ1v) is 6.34. The van der Waals surface area contributed by atoms with Gasteiger partial charge >= 0.3 is 0 Å². The molecular weight excluding hydrogens is 314 g/mol. The van der Waals surface area contributed by atoms with Crippen LogP contribution in [0.5, 0.6) is 0 Å². The second-order valence-corrected chi connectivity index (χ2v) is 4.78. The monoisotopic (exact) mass is 327 g/mol. The molecule has 0 aliphatic carbocycles. The number of nitrogens with zero attached hydrogens (tertiary/aromatic N) is 3. The van der Waals surface area contributed by atoms with Gasteiger partial charge in [-0.15, -0.1) is 0 Å². The predicted octanol–water partition coefficient (Wildman–Crippen LogP) is 0.146. The van der Waals surface area contributed by atoms with Gasteiger partial charge in [-0.25, -0.2) is 0 Å². The number of hydrogen-bond acceptors (Lipinski definition) is 4. The lowest BCUT2D eigenvalue weighted by Gasteiger charge is -2.08. The lowest BCUT2D eigenvalue weighted by molar-refractivity contribution is -0.126. The number of nitrogens with one attached hydrogen (secondary N) is 1. The molecular formula is C11H14BrN5O2. The van der Waals surface area contributed by atoms with Crippen LogP contribution in [0.25, 0.3) is 0 Å². The molecule has 3 N–H and O–H groups in total. The van der Waals surface area contributed by atoms with Gasteiger partial charge in [-0.05, 0) is 29.8 Å². The van der Waals surface area contributed by atoms with E-state index in [0.29, 0.717) is 6.54 Å². The van der Waals surface area contributed by atoms with Gasteiger partial charge in [0.1, 0.15) is 0 Å². The molecule has 0 aliphatic rings. The number of nitrogens with two attached hydrogens (primary N) is 1. The normalized spacial score (nSPS) is 11.7. The molecule has 0 radical (unpaired) electrons. The van der Waals surface area contributed by atoms with Crippen molar-refractivity contribution in [2.45, 2.75) is 32.9 Å². The van der Waals surface area contributed by atoms with Crippen molar-refractivity contribution >= 4 is 27.7 Å². The van der Waals surface area contributed by atoms with Gasteiger partial charge in [-0.1, -0.05) is 0 Å². The predicted molar refractivity (Wildman–Crippen MR) is 70.8 cm³/mol. The molecule has 7 nitrogen and oxygen atoms in total. The van der Waals surface area contributed by atoms with Crippen LogP contribution >= 0.6 is 15.9 Å². The SMILES string of the molecule is Cc1nn(CCC(=O)N[C@H](C#N)C(N)=O)c(C)c1Br. The van der Waals surface area contributed by atoms with Crippen molar-refractivity contribution in [1.82, 2.24) is 15.1 Å². The number of primary amides is 1. The van der Waals surface area contributed by atoms with E-state index >= 15 is 0 Å². The van der Waals surface area contributed by atoms with Crippen molar-refractivity contribution in [3.8, 4) is 6.07 Å². The summed E-state index contributed by atoms with van der Waals surface area (Å²) in [5, 5.41) is 15.1. The van der Waals surface area contributed by atoms with Crippen LogP contribution in [-0.2, 0) is 16.1 Å². The summed E-state index contributed by atoms with van der Waals surface area (Å²) in [6.07, 6.45) is 0.111. The highest BCUT2D eigenvalue weighted by molar-refractivity contribution is 9.10. The Balaban J connectivity index is 2.58. The van der Waals surface area contributed by atoms with Crippen LogP contribution in [0.3, 0.4) is 0 Å². The lowest BCUT2D eigenvalue weighted by Crippen LogP contribution is -2.43. The van der Waals surface area contributed by atoms with Crippen LogP contribution in [-0.4, -0.2) is 27.6 Å². The summed E-state index contributed by atoms with van der Waals surface area (Å²) in [5.41, 5.74) is 6.70. The largest absolute Gasteiger partial charge is 0.367 e. The Kier molecular flexibility index (Phi) is 5.06. The highest BCUT2D eigenvalue weighted by atomic mass is 79.9. The molecule has 1 aromatic heterocycles. The number of carbonyl (C=O) groups is 2. The zero-order valence-corrected chi connectivity index (χ0v) is 12.2. The third kappa shape index (κ3) is 3.79. The highest BCUT2D eigenvalue weighted by Crippen LogP contribution is 2.19. The minimum atomic E-state index is -1.29. The maximum atomic E-state index is 11.6. The molecule has 0 bridgehead atoms. The number of aryl methyl sites for hydroxylation is 2. The van der Waals surface area contributed by atoms with Crippen LogP contribution in [0.2, 0.25) is 0 Å². The minimum absolute atomic E-state index is 0.111. The molecule has 0 aromatic carbocycles. The van der Waals surface area contributed by atoms with E-state index in [1.807, 2.05) is 13.8 Å². The molecule has 1 heterocycles. The van der Waals surface area contributed by atoms with Crippen molar-refractivity contribution in [2.75, 3.05) is 0 Å². The van der Waals surface area contributed by atoms with Gasteiger partial charge in [0.05, 0.1) is 22.8 Å². The zero-order chi connectivity index (χ0) is 14.6. The molecule has 102 valence electrons. The van der Waals surface area contributed by atoms with Crippen molar-refractivity contribution in [1.29, 1.82) is 5.26 Å². The molecule has 19 heavy (non-hydrogen) atoms. The summed E-state index contributed by atoms with van der Waals surface area (Å²) in [7, 11) is 0. The Morgan fingerprint density at radius 3 is 2.63 bits per heavy atom. The maximum Gasteiger partial charge on any atom is 0.254 e. The molecule has 0 saturated carbocycles. The van der Waals surface area contributed by atoms with Crippen LogP contribution in [0.15, 0.2) is 4.47 Å². The van der Waals surface area contributed by atoms with Gasteiger partial charge in [-0.2, -0.15) is 10.4 Å². The van der Waals surface area contributed by atoms with Crippen LogP contribution < -0.4 is 11.1 Å². The summed E-state index contributed by atoms with van der Waals surface area (Å²) in [5.74, 6) is -1.29. The first-order chi connectivity index (χ1) is 8.86. The van der Waals surface area contributed by atoms with E-state index in [1.165, 1.54) is 0 Å². The summed E-state index contributed by atoms with van der Waals surface area (Å²) >= 11 is 3.39. The van der Waals surface area contributed by atoms with E-state index in [-0.39, 0.29) is 6.42 Å². The molecule has 0 aliphatic heterocycles. The molecule has 0 fully saturated rings. The quantitative estimate of drug-likeness (QED) is 0.800. The molecule has 8 heteroatoms. The van der Waals surface area contributed by atoms with Crippen LogP contribution in [0.4, 0.5) is 0 Å². The van der Waals surface area contributed by atoms with Crippen molar-refractivity contribution in [2.24, 2.45) is 5.73 Å². The van der Waals surface area contributed by atoms with Crippen LogP contribution in [0.1, 0.15) is 17.8 Å². The molecule has 2 amide bonds. The van der Waals surface area contributed by atoms with E-state index in [4.69, 9.17) is 11.0 Å². The summed E-state index contributed by atoms with van der Waals surface area (Å²) in [6, 6.07) is 0.327. The number of halogens is 1. The van der Waals surface area contributed by atoms with Gasteiger partial charge < -0.3 is 11.1 Å². The number of amides is 2. The molecule has 0 spiro atoms. The Morgan fingerprint density at radius 2 is 2.21 bits per heavy atom.